The first-order valence-corrected chi connectivity index (χ1v) is 6.51. The topological polar surface area (TPSA) is 46.5 Å². The Balaban J connectivity index is 2.26. The van der Waals surface area contributed by atoms with Crippen molar-refractivity contribution in [2.45, 2.75) is 27.4 Å². The van der Waals surface area contributed by atoms with E-state index in [1.54, 1.807) is 12.1 Å². The molecule has 0 heterocycles. The van der Waals surface area contributed by atoms with Crippen LogP contribution in [0.15, 0.2) is 36.4 Å². The van der Waals surface area contributed by atoms with Gasteiger partial charge in [-0.15, -0.1) is 0 Å². The summed E-state index contributed by atoms with van der Waals surface area (Å²) in [5, 5.41) is 9.16. The zero-order chi connectivity index (χ0) is 14.7. The molecule has 0 amide bonds. The third-order valence-electron chi connectivity index (χ3n) is 3.18. The van der Waals surface area contributed by atoms with Crippen molar-refractivity contribution in [1.82, 2.24) is 0 Å². The second kappa shape index (κ2) is 5.88. The van der Waals surface area contributed by atoms with Gasteiger partial charge in [-0.2, -0.15) is 0 Å². The van der Waals surface area contributed by atoms with E-state index in [4.69, 9.17) is 9.84 Å². The van der Waals surface area contributed by atoms with E-state index in [2.05, 4.69) is 0 Å². The normalized spacial score (nSPS) is 10.4. The Kier molecular flexibility index (Phi) is 4.20. The molecule has 0 aliphatic carbocycles. The highest BCUT2D eigenvalue weighted by atomic mass is 16.5. The quantitative estimate of drug-likeness (QED) is 0.687. The van der Waals surface area contributed by atoms with Gasteiger partial charge in [0.15, 0.2) is 0 Å². The Morgan fingerprint density at radius 3 is 2.10 bits per heavy atom. The van der Waals surface area contributed by atoms with E-state index in [0.717, 1.165) is 22.3 Å². The predicted molar refractivity (Wildman–Crippen MR) is 78.0 cm³/mol. The van der Waals surface area contributed by atoms with Gasteiger partial charge in [0, 0.05) is 0 Å². The molecule has 0 atom stereocenters. The molecule has 0 saturated heterocycles. The van der Waals surface area contributed by atoms with Crippen LogP contribution < -0.4 is 4.74 Å². The number of carbonyl (C=O) groups is 1. The molecule has 0 spiro atoms. The lowest BCUT2D eigenvalue weighted by Crippen LogP contribution is -2.10. The molecule has 0 fully saturated rings. The molecule has 1 N–H and O–H groups in total. The van der Waals surface area contributed by atoms with Gasteiger partial charge < -0.3 is 9.84 Å². The zero-order valence-electron chi connectivity index (χ0n) is 11.9. The molecule has 20 heavy (non-hydrogen) atoms. The van der Waals surface area contributed by atoms with Crippen LogP contribution in [0.3, 0.4) is 0 Å². The number of hydrogen-bond donors (Lipinski definition) is 1. The van der Waals surface area contributed by atoms with Crippen molar-refractivity contribution in [3.63, 3.8) is 0 Å². The Hall–Kier alpha value is -2.13. The summed E-state index contributed by atoms with van der Waals surface area (Å²) in [4.78, 5) is 12.1. The van der Waals surface area contributed by atoms with Gasteiger partial charge in [0.25, 0.3) is 0 Å². The van der Waals surface area contributed by atoms with Crippen LogP contribution in [0.5, 0.6) is 5.75 Å². The summed E-state index contributed by atoms with van der Waals surface area (Å²) in [5.74, 6) is 0.195. The summed E-state index contributed by atoms with van der Waals surface area (Å²) in [6.45, 7) is 5.68. The Morgan fingerprint density at radius 1 is 1.05 bits per heavy atom. The average Bonchev–Trinajstić information content (AvgIpc) is 2.43. The SMILES string of the molecule is Cc1ccc(C(=O)Oc2c(C)cc(CO)cc2C)cc1. The molecular formula is C17H18O3. The molecular weight excluding hydrogens is 252 g/mol. The second-order valence-corrected chi connectivity index (χ2v) is 4.97. The molecule has 0 aliphatic rings. The lowest BCUT2D eigenvalue weighted by atomic mass is 10.1. The summed E-state index contributed by atoms with van der Waals surface area (Å²) >= 11 is 0. The summed E-state index contributed by atoms with van der Waals surface area (Å²) in [5.41, 5.74) is 4.13. The van der Waals surface area contributed by atoms with Gasteiger partial charge in [-0.25, -0.2) is 4.79 Å². The average molecular weight is 270 g/mol. The minimum absolute atomic E-state index is 0.0200. The Bertz CT molecular complexity index is 604. The van der Waals surface area contributed by atoms with E-state index in [0.29, 0.717) is 11.3 Å². The number of esters is 1. The third-order valence-corrected chi connectivity index (χ3v) is 3.18. The van der Waals surface area contributed by atoms with Crippen LogP contribution in [0.1, 0.15) is 32.6 Å². The number of carbonyl (C=O) groups excluding carboxylic acids is 1. The van der Waals surface area contributed by atoms with Crippen molar-refractivity contribution in [3.8, 4) is 5.75 Å². The van der Waals surface area contributed by atoms with Gasteiger partial charge in [-0.05, 0) is 49.6 Å². The monoisotopic (exact) mass is 270 g/mol. The lowest BCUT2D eigenvalue weighted by Gasteiger charge is -2.12. The molecule has 104 valence electrons. The van der Waals surface area contributed by atoms with Gasteiger partial charge in [0.1, 0.15) is 5.75 Å². The van der Waals surface area contributed by atoms with E-state index in [-0.39, 0.29) is 12.6 Å². The molecule has 0 aliphatic heterocycles. The number of rotatable bonds is 3. The fourth-order valence-electron chi connectivity index (χ4n) is 2.13. The number of benzene rings is 2. The maximum Gasteiger partial charge on any atom is 0.343 e. The summed E-state index contributed by atoms with van der Waals surface area (Å²) in [6.07, 6.45) is 0. The Labute approximate surface area is 118 Å². The van der Waals surface area contributed by atoms with Gasteiger partial charge in [-0.3, -0.25) is 0 Å². The van der Waals surface area contributed by atoms with Crippen molar-refractivity contribution in [2.24, 2.45) is 0 Å². The third kappa shape index (κ3) is 3.06. The molecule has 0 radical (unpaired) electrons. The van der Waals surface area contributed by atoms with Crippen LogP contribution >= 0.6 is 0 Å². The molecule has 3 nitrogen and oxygen atoms in total. The number of aliphatic hydroxyl groups excluding tert-OH is 1. The van der Waals surface area contributed by atoms with Gasteiger partial charge in [0.2, 0.25) is 0 Å². The van der Waals surface area contributed by atoms with E-state index >= 15 is 0 Å². The molecule has 3 heteroatoms. The highest BCUT2D eigenvalue weighted by molar-refractivity contribution is 5.91. The van der Waals surface area contributed by atoms with Crippen LogP contribution in [0.2, 0.25) is 0 Å². The van der Waals surface area contributed by atoms with Crippen molar-refractivity contribution in [3.05, 3.63) is 64.2 Å². The van der Waals surface area contributed by atoms with Crippen LogP contribution in [-0.4, -0.2) is 11.1 Å². The molecule has 0 unspecified atom stereocenters. The number of ether oxygens (including phenoxy) is 1. The predicted octanol–water partition coefficient (Wildman–Crippen LogP) is 3.32. The zero-order valence-corrected chi connectivity index (χ0v) is 11.9. The van der Waals surface area contributed by atoms with Crippen molar-refractivity contribution in [2.75, 3.05) is 0 Å². The van der Waals surface area contributed by atoms with E-state index in [1.807, 2.05) is 45.0 Å². The first-order chi connectivity index (χ1) is 9.51. The molecule has 2 aromatic carbocycles. The van der Waals surface area contributed by atoms with E-state index < -0.39 is 0 Å². The van der Waals surface area contributed by atoms with Crippen LogP contribution in [0, 0.1) is 20.8 Å². The van der Waals surface area contributed by atoms with Crippen LogP contribution in [0.4, 0.5) is 0 Å². The van der Waals surface area contributed by atoms with Gasteiger partial charge in [-0.1, -0.05) is 29.8 Å². The minimum Gasteiger partial charge on any atom is -0.422 e. The molecule has 0 bridgehead atoms. The fourth-order valence-corrected chi connectivity index (χ4v) is 2.13. The number of aryl methyl sites for hydroxylation is 3. The minimum atomic E-state index is -0.368. The first-order valence-electron chi connectivity index (χ1n) is 6.51. The largest absolute Gasteiger partial charge is 0.422 e. The standard InChI is InChI=1S/C17H18O3/c1-11-4-6-15(7-5-11)17(19)20-16-12(2)8-14(10-18)9-13(16)3/h4-9,18H,10H2,1-3H3. The Morgan fingerprint density at radius 2 is 1.60 bits per heavy atom. The number of aliphatic hydroxyl groups is 1. The van der Waals surface area contributed by atoms with Crippen molar-refractivity contribution in [1.29, 1.82) is 0 Å². The molecule has 2 rings (SSSR count). The lowest BCUT2D eigenvalue weighted by molar-refractivity contribution is 0.0732. The smallest absolute Gasteiger partial charge is 0.343 e. The highest BCUT2D eigenvalue weighted by Crippen LogP contribution is 2.25. The highest BCUT2D eigenvalue weighted by Gasteiger charge is 2.13. The fraction of sp³-hybridized carbons (Fsp3) is 0.235. The summed E-state index contributed by atoms with van der Waals surface area (Å²) < 4.78 is 5.48. The second-order valence-electron chi connectivity index (χ2n) is 4.97. The van der Waals surface area contributed by atoms with Gasteiger partial charge in [0.05, 0.1) is 12.2 Å². The molecule has 0 aromatic heterocycles. The van der Waals surface area contributed by atoms with Crippen molar-refractivity contribution < 1.29 is 14.6 Å². The van der Waals surface area contributed by atoms with Crippen molar-refractivity contribution >= 4 is 5.97 Å². The molecule has 0 saturated carbocycles. The number of hydrogen-bond acceptors (Lipinski definition) is 3. The maximum atomic E-state index is 12.1. The van der Waals surface area contributed by atoms with E-state index in [9.17, 15) is 4.79 Å². The first kappa shape index (κ1) is 14.3. The van der Waals surface area contributed by atoms with Crippen LogP contribution in [0.25, 0.3) is 0 Å². The molecule has 2 aromatic rings. The summed E-state index contributed by atoms with van der Waals surface area (Å²) in [6, 6.07) is 10.9. The van der Waals surface area contributed by atoms with Crippen LogP contribution in [-0.2, 0) is 6.61 Å². The summed E-state index contributed by atoms with van der Waals surface area (Å²) in [7, 11) is 0. The maximum absolute atomic E-state index is 12.1. The van der Waals surface area contributed by atoms with E-state index in [1.165, 1.54) is 0 Å². The van der Waals surface area contributed by atoms with Gasteiger partial charge >= 0.3 is 5.97 Å².